The lowest BCUT2D eigenvalue weighted by Gasteiger charge is -2.27. The zero-order valence-electron chi connectivity index (χ0n) is 12.4. The number of hydrogen-bond acceptors (Lipinski definition) is 2. The molecule has 1 fully saturated rings. The third-order valence-electron chi connectivity index (χ3n) is 4.23. The van der Waals surface area contributed by atoms with Gasteiger partial charge in [-0.15, -0.1) is 0 Å². The van der Waals surface area contributed by atoms with Crippen molar-refractivity contribution in [2.45, 2.75) is 33.7 Å². The molecular weight excluding hydrogens is 271 g/mol. The number of nitrogens with two attached hydrogens (primary N) is 1. The van der Waals surface area contributed by atoms with Crippen LogP contribution in [0, 0.1) is 17.2 Å². The number of halogens is 1. The van der Waals surface area contributed by atoms with Crippen molar-refractivity contribution in [1.29, 1.82) is 0 Å². The lowest BCUT2D eigenvalue weighted by molar-refractivity contribution is 0.226. The largest absolute Gasteiger partial charge is 0.389 e. The van der Waals surface area contributed by atoms with E-state index >= 15 is 0 Å². The van der Waals surface area contributed by atoms with Gasteiger partial charge in [0.05, 0.1) is 0 Å². The highest BCUT2D eigenvalue weighted by Crippen LogP contribution is 2.34. The number of nitrogens with zero attached hydrogens (tertiary/aromatic N) is 1. The Bertz CT molecular complexity index is 508. The molecule has 20 heavy (non-hydrogen) atoms. The van der Waals surface area contributed by atoms with Crippen LogP contribution >= 0.6 is 12.2 Å². The first kappa shape index (κ1) is 15.4. The topological polar surface area (TPSA) is 29.3 Å². The second-order valence-corrected chi connectivity index (χ2v) is 7.19. The summed E-state index contributed by atoms with van der Waals surface area (Å²) in [6.45, 7) is 9.83. The van der Waals surface area contributed by atoms with Gasteiger partial charge in [0.1, 0.15) is 10.8 Å². The van der Waals surface area contributed by atoms with Crippen LogP contribution in [-0.2, 0) is 6.54 Å². The lowest BCUT2D eigenvalue weighted by Crippen LogP contribution is -2.26. The molecule has 1 saturated heterocycles. The monoisotopic (exact) mass is 294 g/mol. The van der Waals surface area contributed by atoms with Gasteiger partial charge in [0.15, 0.2) is 0 Å². The summed E-state index contributed by atoms with van der Waals surface area (Å²) in [7, 11) is 0. The van der Waals surface area contributed by atoms with Crippen LogP contribution in [-0.4, -0.2) is 23.0 Å². The Hall–Kier alpha value is -1.00. The molecule has 2 N–H and O–H groups in total. The van der Waals surface area contributed by atoms with E-state index in [9.17, 15) is 4.39 Å². The predicted molar refractivity (Wildman–Crippen MR) is 85.1 cm³/mol. The molecule has 0 spiro atoms. The molecule has 1 aliphatic rings. The number of thiocarbonyl (C=S) groups is 1. The van der Waals surface area contributed by atoms with Crippen LogP contribution in [0.5, 0.6) is 0 Å². The maximum atomic E-state index is 13.3. The van der Waals surface area contributed by atoms with Gasteiger partial charge in [-0.05, 0) is 42.0 Å². The summed E-state index contributed by atoms with van der Waals surface area (Å²) in [6, 6.07) is 4.72. The van der Waals surface area contributed by atoms with Crippen LogP contribution in [0.3, 0.4) is 0 Å². The first-order valence-electron chi connectivity index (χ1n) is 7.08. The fourth-order valence-corrected chi connectivity index (χ4v) is 3.03. The van der Waals surface area contributed by atoms with Gasteiger partial charge in [0.25, 0.3) is 0 Å². The number of benzene rings is 1. The molecule has 0 saturated carbocycles. The molecule has 1 aliphatic heterocycles. The maximum absolute atomic E-state index is 13.3. The zero-order chi connectivity index (χ0) is 14.9. The van der Waals surface area contributed by atoms with Crippen LogP contribution in [0.2, 0.25) is 0 Å². The molecule has 0 amide bonds. The first-order chi connectivity index (χ1) is 9.27. The van der Waals surface area contributed by atoms with Crippen LogP contribution in [0.4, 0.5) is 4.39 Å². The minimum atomic E-state index is -0.287. The van der Waals surface area contributed by atoms with Gasteiger partial charge in [-0.3, -0.25) is 4.90 Å². The summed E-state index contributed by atoms with van der Waals surface area (Å²) in [5.41, 5.74) is 7.73. The zero-order valence-corrected chi connectivity index (χ0v) is 13.3. The first-order valence-corrected chi connectivity index (χ1v) is 7.49. The second kappa shape index (κ2) is 5.78. The highest BCUT2D eigenvalue weighted by molar-refractivity contribution is 7.80. The Morgan fingerprint density at radius 2 is 2.15 bits per heavy atom. The summed E-state index contributed by atoms with van der Waals surface area (Å²) in [6.07, 6.45) is 1.22. The highest BCUT2D eigenvalue weighted by Gasteiger charge is 2.31. The van der Waals surface area contributed by atoms with Crippen molar-refractivity contribution in [3.63, 3.8) is 0 Å². The number of rotatable bonds is 3. The molecule has 1 heterocycles. The summed E-state index contributed by atoms with van der Waals surface area (Å²) < 4.78 is 13.3. The molecule has 2 nitrogen and oxygen atoms in total. The fourth-order valence-electron chi connectivity index (χ4n) is 2.84. The van der Waals surface area contributed by atoms with Crippen LogP contribution in [0.1, 0.15) is 38.3 Å². The van der Waals surface area contributed by atoms with E-state index in [0.717, 1.165) is 25.2 Å². The van der Waals surface area contributed by atoms with Crippen molar-refractivity contribution in [3.8, 4) is 0 Å². The molecule has 1 aromatic carbocycles. The van der Waals surface area contributed by atoms with E-state index in [-0.39, 0.29) is 10.8 Å². The van der Waals surface area contributed by atoms with E-state index in [1.165, 1.54) is 18.6 Å². The Morgan fingerprint density at radius 3 is 2.70 bits per heavy atom. The normalized spacial score (nSPS) is 20.3. The molecule has 2 rings (SSSR count). The van der Waals surface area contributed by atoms with Gasteiger partial charge < -0.3 is 5.73 Å². The van der Waals surface area contributed by atoms with E-state index in [4.69, 9.17) is 18.0 Å². The number of likely N-dealkylation sites (tertiary alicyclic amines) is 1. The lowest BCUT2D eigenvalue weighted by atomic mass is 9.80. The Kier molecular flexibility index (Phi) is 4.45. The smallest absolute Gasteiger partial charge is 0.123 e. The molecule has 110 valence electrons. The molecule has 0 radical (unpaired) electrons. The Balaban J connectivity index is 2.10. The third-order valence-corrected chi connectivity index (χ3v) is 4.45. The molecule has 1 aromatic rings. The van der Waals surface area contributed by atoms with Crippen LogP contribution in [0.15, 0.2) is 18.2 Å². The minimum absolute atomic E-state index is 0.270. The Morgan fingerprint density at radius 1 is 1.45 bits per heavy atom. The summed E-state index contributed by atoms with van der Waals surface area (Å²) >= 11 is 5.03. The summed E-state index contributed by atoms with van der Waals surface area (Å²) in [5.74, 6) is 0.418. The van der Waals surface area contributed by atoms with Gasteiger partial charge in [-0.2, -0.15) is 0 Å². The van der Waals surface area contributed by atoms with E-state index in [1.807, 2.05) is 0 Å². The molecule has 0 bridgehead atoms. The van der Waals surface area contributed by atoms with Gasteiger partial charge >= 0.3 is 0 Å². The average Bonchev–Trinajstić information content (AvgIpc) is 2.79. The van der Waals surface area contributed by atoms with Gasteiger partial charge in [-0.25, -0.2) is 4.39 Å². The highest BCUT2D eigenvalue weighted by atomic mass is 32.1. The number of hydrogen-bond donors (Lipinski definition) is 1. The molecular formula is C16H23FN2S. The SMILES string of the molecule is CC(C)(C)C1CCN(Cc2ccc(F)cc2C(N)=S)C1. The molecule has 1 atom stereocenters. The van der Waals surface area contributed by atoms with Gasteiger partial charge in [-0.1, -0.05) is 39.1 Å². The Labute approximate surface area is 126 Å². The van der Waals surface area contributed by atoms with E-state index < -0.39 is 0 Å². The fraction of sp³-hybridized carbons (Fsp3) is 0.562. The standard InChI is InChI=1S/C16H23FN2S/c1-16(2,3)12-6-7-19(10-12)9-11-4-5-13(17)8-14(11)15(18)20/h4-5,8,12H,6-7,9-10H2,1-3H3,(H2,18,20). The van der Waals surface area contributed by atoms with E-state index in [1.54, 1.807) is 6.07 Å². The quantitative estimate of drug-likeness (QED) is 0.867. The van der Waals surface area contributed by atoms with E-state index in [0.29, 0.717) is 16.9 Å². The van der Waals surface area contributed by atoms with Crippen molar-refractivity contribution in [2.24, 2.45) is 17.1 Å². The van der Waals surface area contributed by atoms with E-state index in [2.05, 4.69) is 25.7 Å². The average molecular weight is 294 g/mol. The molecule has 0 aromatic heterocycles. The minimum Gasteiger partial charge on any atom is -0.389 e. The van der Waals surface area contributed by atoms with Crippen molar-refractivity contribution in [2.75, 3.05) is 13.1 Å². The van der Waals surface area contributed by atoms with Crippen LogP contribution < -0.4 is 5.73 Å². The van der Waals surface area contributed by atoms with Crippen molar-refractivity contribution in [1.82, 2.24) is 4.90 Å². The van der Waals surface area contributed by atoms with Crippen molar-refractivity contribution in [3.05, 3.63) is 35.1 Å². The maximum Gasteiger partial charge on any atom is 0.123 e. The summed E-state index contributed by atoms with van der Waals surface area (Å²) in [5, 5.41) is 0. The second-order valence-electron chi connectivity index (χ2n) is 6.75. The van der Waals surface area contributed by atoms with Gasteiger partial charge in [0.2, 0.25) is 0 Å². The van der Waals surface area contributed by atoms with Crippen molar-refractivity contribution < 1.29 is 4.39 Å². The van der Waals surface area contributed by atoms with Crippen LogP contribution in [0.25, 0.3) is 0 Å². The summed E-state index contributed by atoms with van der Waals surface area (Å²) in [4.78, 5) is 2.68. The van der Waals surface area contributed by atoms with Gasteiger partial charge in [0, 0.05) is 18.7 Å². The molecule has 1 unspecified atom stereocenters. The third kappa shape index (κ3) is 3.55. The molecule has 0 aliphatic carbocycles. The molecule has 4 heteroatoms. The predicted octanol–water partition coefficient (Wildman–Crippen LogP) is 3.33. The van der Waals surface area contributed by atoms with Crippen molar-refractivity contribution >= 4 is 17.2 Å².